The molecule has 1 aliphatic rings. The number of morpholine rings is 1. The number of sulfone groups is 1. The number of anilines is 2. The number of sulfonamides is 1. The van der Waals surface area contributed by atoms with Crippen molar-refractivity contribution in [2.24, 2.45) is 5.14 Å². The summed E-state index contributed by atoms with van der Waals surface area (Å²) in [6.45, 7) is 4.76. The molecule has 0 saturated carbocycles. The zero-order valence-corrected chi connectivity index (χ0v) is 21.3. The van der Waals surface area contributed by atoms with Gasteiger partial charge in [-0.1, -0.05) is 13.0 Å². The molecule has 1 saturated heterocycles. The fraction of sp³-hybridized carbons (Fsp3) is 0.429. The third-order valence-electron chi connectivity index (χ3n) is 5.27. The van der Waals surface area contributed by atoms with Gasteiger partial charge in [0.15, 0.2) is 0 Å². The van der Waals surface area contributed by atoms with E-state index in [0.29, 0.717) is 25.7 Å². The predicted octanol–water partition coefficient (Wildman–Crippen LogP) is 3.43. The van der Waals surface area contributed by atoms with Crippen LogP contribution in [0.4, 0.5) is 24.5 Å². The lowest BCUT2D eigenvalue weighted by Gasteiger charge is -2.29. The molecule has 3 rings (SSSR count). The van der Waals surface area contributed by atoms with E-state index in [1.165, 1.54) is 16.7 Å². The van der Waals surface area contributed by atoms with Crippen molar-refractivity contribution in [1.82, 2.24) is 0 Å². The molecule has 8 nitrogen and oxygen atoms in total. The lowest BCUT2D eigenvalue weighted by atomic mass is 10.2. The van der Waals surface area contributed by atoms with Crippen molar-refractivity contribution in [3.05, 3.63) is 42.5 Å². The molecular weight excluding hydrogens is 527 g/mol. The summed E-state index contributed by atoms with van der Waals surface area (Å²) in [5.74, 6) is 0.134. The van der Waals surface area contributed by atoms with Crippen LogP contribution in [0.2, 0.25) is 0 Å². The van der Waals surface area contributed by atoms with Crippen molar-refractivity contribution in [2.45, 2.75) is 33.5 Å². The molecular formula is C21H26F3N3O5S3. The van der Waals surface area contributed by atoms with Gasteiger partial charge in [0, 0.05) is 30.2 Å². The van der Waals surface area contributed by atoms with Crippen molar-refractivity contribution in [3.63, 3.8) is 0 Å². The van der Waals surface area contributed by atoms with E-state index in [0.717, 1.165) is 35.8 Å². The van der Waals surface area contributed by atoms with Gasteiger partial charge in [0.2, 0.25) is 10.0 Å². The van der Waals surface area contributed by atoms with Crippen LogP contribution in [0.1, 0.15) is 13.3 Å². The third-order valence-corrected chi connectivity index (χ3v) is 8.72. The van der Waals surface area contributed by atoms with Crippen LogP contribution in [-0.2, 0) is 24.6 Å². The maximum atomic E-state index is 13.4. The summed E-state index contributed by atoms with van der Waals surface area (Å²) in [6, 6.07) is 10.2. The van der Waals surface area contributed by atoms with Gasteiger partial charge in [0.1, 0.15) is 4.90 Å². The number of ether oxygens (including phenoxy) is 1. The van der Waals surface area contributed by atoms with E-state index in [1.54, 1.807) is 6.92 Å². The molecule has 0 radical (unpaired) electrons. The van der Waals surface area contributed by atoms with Gasteiger partial charge in [0.25, 0.3) is 9.84 Å². The molecule has 0 unspecified atom stereocenters. The van der Waals surface area contributed by atoms with E-state index in [1.807, 2.05) is 24.3 Å². The Kier molecular flexibility index (Phi) is 8.63. The topological polar surface area (TPSA) is 110 Å². The van der Waals surface area contributed by atoms with Gasteiger partial charge in [-0.2, -0.15) is 13.2 Å². The highest BCUT2D eigenvalue weighted by molar-refractivity contribution is 7.99. The molecule has 1 heterocycles. The van der Waals surface area contributed by atoms with Gasteiger partial charge >= 0.3 is 5.51 Å². The highest BCUT2D eigenvalue weighted by Gasteiger charge is 2.48. The fourth-order valence-corrected chi connectivity index (χ4v) is 6.11. The van der Waals surface area contributed by atoms with Crippen molar-refractivity contribution in [2.75, 3.05) is 48.5 Å². The highest BCUT2D eigenvalue weighted by Crippen LogP contribution is 2.38. The summed E-state index contributed by atoms with van der Waals surface area (Å²) < 4.78 is 93.8. The minimum atomic E-state index is -5.85. The van der Waals surface area contributed by atoms with Crippen molar-refractivity contribution < 1.29 is 34.7 Å². The zero-order valence-electron chi connectivity index (χ0n) is 18.9. The molecule has 14 heteroatoms. The molecule has 0 spiro atoms. The molecule has 2 aromatic carbocycles. The molecule has 0 amide bonds. The van der Waals surface area contributed by atoms with E-state index in [9.17, 15) is 30.0 Å². The number of alkyl halides is 3. The number of rotatable bonds is 9. The molecule has 194 valence electrons. The summed E-state index contributed by atoms with van der Waals surface area (Å²) in [5.41, 5.74) is -4.87. The number of thioether (sulfide) groups is 1. The first-order valence-corrected chi connectivity index (χ1v) is 14.6. The number of nitrogens with two attached hydrogens (primary N) is 1. The van der Waals surface area contributed by atoms with Gasteiger partial charge in [-0.25, -0.2) is 22.0 Å². The molecule has 0 atom stereocenters. The van der Waals surface area contributed by atoms with Gasteiger partial charge in [-0.05, 0) is 42.8 Å². The Bertz CT molecular complexity index is 1250. The summed E-state index contributed by atoms with van der Waals surface area (Å²) in [5, 5.41) is 5.04. The van der Waals surface area contributed by atoms with Crippen LogP contribution in [-0.4, -0.2) is 61.1 Å². The largest absolute Gasteiger partial charge is 0.501 e. The van der Waals surface area contributed by atoms with Crippen LogP contribution in [0, 0.1) is 0 Å². The zero-order chi connectivity index (χ0) is 25.9. The van der Waals surface area contributed by atoms with Crippen LogP contribution >= 0.6 is 11.8 Å². The maximum Gasteiger partial charge on any atom is 0.501 e. The van der Waals surface area contributed by atoms with E-state index in [4.69, 9.17) is 9.88 Å². The number of hydrogen-bond donors (Lipinski definition) is 1. The monoisotopic (exact) mass is 553 g/mol. The summed E-state index contributed by atoms with van der Waals surface area (Å²) >= 11 is 1.33. The van der Waals surface area contributed by atoms with Crippen LogP contribution in [0.5, 0.6) is 0 Å². The highest BCUT2D eigenvalue weighted by atomic mass is 32.2. The van der Waals surface area contributed by atoms with Crippen molar-refractivity contribution in [1.29, 1.82) is 0 Å². The number of benzene rings is 2. The standard InChI is InChI=1S/C21H26F3N3O5S3/c1-2-8-27(15-33-17-5-3-4-16(13-17)26-9-11-32-12-10-26)19-7-6-18(35(25,30)31)14-20(19)34(28,29)21(22,23)24/h3-7,13-14H,2,8-12,15H2,1H3,(H2,25,30,31). The first kappa shape index (κ1) is 27.6. The molecule has 2 N–H and O–H groups in total. The van der Waals surface area contributed by atoms with E-state index in [2.05, 4.69) is 4.90 Å². The number of primary sulfonamides is 1. The second-order valence-corrected chi connectivity index (χ2v) is 12.2. The Hall–Kier alpha value is -2.00. The van der Waals surface area contributed by atoms with E-state index >= 15 is 0 Å². The quantitative estimate of drug-likeness (QED) is 0.372. The Morgan fingerprint density at radius 3 is 2.37 bits per heavy atom. The predicted molar refractivity (Wildman–Crippen MR) is 129 cm³/mol. The number of nitrogens with zero attached hydrogens (tertiary/aromatic N) is 2. The van der Waals surface area contributed by atoms with Crippen LogP contribution in [0.15, 0.2) is 57.2 Å². The molecule has 0 aromatic heterocycles. The Balaban J connectivity index is 1.95. The third kappa shape index (κ3) is 6.61. The molecule has 0 bridgehead atoms. The number of halogens is 3. The summed E-state index contributed by atoms with van der Waals surface area (Å²) in [7, 11) is -10.3. The van der Waals surface area contributed by atoms with E-state index in [-0.39, 0.29) is 18.1 Å². The average Bonchev–Trinajstić information content (AvgIpc) is 2.81. The van der Waals surface area contributed by atoms with E-state index < -0.39 is 35.2 Å². The van der Waals surface area contributed by atoms with Gasteiger partial charge in [-0.3, -0.25) is 0 Å². The average molecular weight is 554 g/mol. The SMILES string of the molecule is CCCN(CSc1cccc(N2CCOCC2)c1)c1ccc(S(N)(=O)=O)cc1S(=O)(=O)C(F)(F)F. The van der Waals surface area contributed by atoms with Crippen LogP contribution in [0.25, 0.3) is 0 Å². The van der Waals surface area contributed by atoms with Crippen LogP contribution in [0.3, 0.4) is 0 Å². The first-order chi connectivity index (χ1) is 16.3. The summed E-state index contributed by atoms with van der Waals surface area (Å²) in [4.78, 5) is 2.63. The minimum Gasteiger partial charge on any atom is -0.378 e. The smallest absolute Gasteiger partial charge is 0.378 e. The van der Waals surface area contributed by atoms with Gasteiger partial charge in [0.05, 0.1) is 29.7 Å². The molecule has 1 aliphatic heterocycles. The molecule has 0 aliphatic carbocycles. The maximum absolute atomic E-state index is 13.4. The second-order valence-electron chi connectivity index (χ2n) is 7.76. The lowest BCUT2D eigenvalue weighted by Crippen LogP contribution is -2.36. The fourth-order valence-electron chi connectivity index (χ4n) is 3.54. The minimum absolute atomic E-state index is 0.134. The Morgan fingerprint density at radius 1 is 1.09 bits per heavy atom. The summed E-state index contributed by atoms with van der Waals surface area (Å²) in [6.07, 6.45) is 0.511. The molecule has 1 fully saturated rings. The van der Waals surface area contributed by atoms with Gasteiger partial charge < -0.3 is 14.5 Å². The first-order valence-electron chi connectivity index (χ1n) is 10.6. The van der Waals surface area contributed by atoms with Gasteiger partial charge in [-0.15, -0.1) is 11.8 Å². The molecule has 35 heavy (non-hydrogen) atoms. The molecule has 2 aromatic rings. The van der Waals surface area contributed by atoms with Crippen molar-refractivity contribution in [3.8, 4) is 0 Å². The normalized spacial score (nSPS) is 15.3. The second kappa shape index (κ2) is 10.9. The van der Waals surface area contributed by atoms with Crippen LogP contribution < -0.4 is 14.9 Å². The Morgan fingerprint density at radius 2 is 1.77 bits per heavy atom. The number of hydrogen-bond acceptors (Lipinski definition) is 8. The lowest BCUT2D eigenvalue weighted by molar-refractivity contribution is -0.0435. The Labute approximate surface area is 207 Å². The van der Waals surface area contributed by atoms with Crippen molar-refractivity contribution >= 4 is 43.0 Å².